The molecule has 1 unspecified atom stereocenters. The minimum absolute atomic E-state index is 0.00687. The summed E-state index contributed by atoms with van der Waals surface area (Å²) in [5.41, 5.74) is 1.87. The predicted octanol–water partition coefficient (Wildman–Crippen LogP) is 3.50. The van der Waals surface area contributed by atoms with Gasteiger partial charge in [-0.05, 0) is 67.4 Å². The monoisotopic (exact) mass is 456 g/mol. The first-order valence-electron chi connectivity index (χ1n) is 10.0. The Morgan fingerprint density at radius 3 is 2.31 bits per heavy atom. The minimum atomic E-state index is -3.78. The Labute approximate surface area is 186 Å². The lowest BCUT2D eigenvalue weighted by molar-refractivity contribution is -0.123. The van der Waals surface area contributed by atoms with Crippen LogP contribution in [0.2, 0.25) is 0 Å². The Kier molecular flexibility index (Phi) is 7.45. The molecular formula is C23H24N2O6S. The van der Waals surface area contributed by atoms with Crippen LogP contribution in [-0.4, -0.2) is 26.4 Å². The van der Waals surface area contributed by atoms with Crippen molar-refractivity contribution in [2.24, 2.45) is 0 Å². The lowest BCUT2D eigenvalue weighted by Crippen LogP contribution is -2.30. The van der Waals surface area contributed by atoms with Crippen LogP contribution in [0.3, 0.4) is 0 Å². The van der Waals surface area contributed by atoms with E-state index in [9.17, 15) is 18.0 Å². The van der Waals surface area contributed by atoms with E-state index in [1.165, 1.54) is 37.5 Å². The number of nitrogens with one attached hydrogen (secondary N) is 2. The smallest absolute Gasteiger partial charge is 0.338 e. The second-order valence-corrected chi connectivity index (χ2v) is 8.78. The third-order valence-corrected chi connectivity index (χ3v) is 6.12. The van der Waals surface area contributed by atoms with Gasteiger partial charge in [-0.1, -0.05) is 19.1 Å². The average molecular weight is 457 g/mol. The minimum Gasteiger partial charge on any atom is -0.468 e. The summed E-state index contributed by atoms with van der Waals surface area (Å²) in [5.74, 6) is -0.729. The van der Waals surface area contributed by atoms with E-state index in [1.54, 1.807) is 24.3 Å². The van der Waals surface area contributed by atoms with Crippen LogP contribution in [0.25, 0.3) is 0 Å². The van der Waals surface area contributed by atoms with Crippen molar-refractivity contribution in [3.8, 4) is 0 Å². The quantitative estimate of drug-likeness (QED) is 0.476. The van der Waals surface area contributed by atoms with E-state index in [4.69, 9.17) is 9.15 Å². The number of furan rings is 1. The van der Waals surface area contributed by atoms with Crippen molar-refractivity contribution in [3.63, 3.8) is 0 Å². The molecule has 2 aromatic carbocycles. The lowest BCUT2D eigenvalue weighted by atomic mass is 10.1. The average Bonchev–Trinajstić information content (AvgIpc) is 3.32. The number of rotatable bonds is 9. The first-order chi connectivity index (χ1) is 15.3. The second kappa shape index (κ2) is 10.3. The molecule has 3 aromatic rings. The number of carbonyl (C=O) groups excluding carboxylic acids is 2. The van der Waals surface area contributed by atoms with E-state index >= 15 is 0 Å². The van der Waals surface area contributed by atoms with E-state index in [2.05, 4.69) is 10.0 Å². The summed E-state index contributed by atoms with van der Waals surface area (Å²) >= 11 is 0. The number of esters is 1. The molecule has 0 saturated heterocycles. The zero-order valence-corrected chi connectivity index (χ0v) is 18.5. The van der Waals surface area contributed by atoms with E-state index in [1.807, 2.05) is 19.1 Å². The Hall–Kier alpha value is -3.43. The SMILES string of the molecule is CCc1ccc(NC(=O)C(C)OC(=O)c2ccc(S(=O)(=O)NCc3ccco3)cc2)cc1. The van der Waals surface area contributed by atoms with E-state index < -0.39 is 28.0 Å². The topological polar surface area (TPSA) is 115 Å². The number of aryl methyl sites for hydroxylation is 1. The highest BCUT2D eigenvalue weighted by atomic mass is 32.2. The lowest BCUT2D eigenvalue weighted by Gasteiger charge is -2.14. The van der Waals surface area contributed by atoms with Crippen molar-refractivity contribution in [2.45, 2.75) is 37.8 Å². The highest BCUT2D eigenvalue weighted by molar-refractivity contribution is 7.89. The molecule has 0 aliphatic rings. The number of hydrogen-bond donors (Lipinski definition) is 2. The normalized spacial score (nSPS) is 12.2. The number of ether oxygens (including phenoxy) is 1. The van der Waals surface area contributed by atoms with Crippen LogP contribution in [0.5, 0.6) is 0 Å². The maximum absolute atomic E-state index is 12.4. The molecule has 2 N–H and O–H groups in total. The van der Waals surface area contributed by atoms with Gasteiger partial charge in [0.15, 0.2) is 6.10 Å². The van der Waals surface area contributed by atoms with E-state index in [0.29, 0.717) is 11.4 Å². The fourth-order valence-corrected chi connectivity index (χ4v) is 3.78. The molecule has 9 heteroatoms. The Morgan fingerprint density at radius 2 is 1.72 bits per heavy atom. The Bertz CT molecular complexity index is 1150. The van der Waals surface area contributed by atoms with Gasteiger partial charge in [0.25, 0.3) is 5.91 Å². The second-order valence-electron chi connectivity index (χ2n) is 7.02. The Morgan fingerprint density at radius 1 is 1.03 bits per heavy atom. The number of carbonyl (C=O) groups is 2. The summed E-state index contributed by atoms with van der Waals surface area (Å²) in [4.78, 5) is 24.7. The molecule has 0 aliphatic heterocycles. The summed E-state index contributed by atoms with van der Waals surface area (Å²) in [5, 5.41) is 2.69. The van der Waals surface area contributed by atoms with Gasteiger partial charge in [0, 0.05) is 5.69 Å². The van der Waals surface area contributed by atoms with Gasteiger partial charge < -0.3 is 14.5 Å². The summed E-state index contributed by atoms with van der Waals surface area (Å²) < 4.78 is 37.5. The summed E-state index contributed by atoms with van der Waals surface area (Å²) in [7, 11) is -3.78. The van der Waals surface area contributed by atoms with Crippen LogP contribution >= 0.6 is 0 Å². The van der Waals surface area contributed by atoms with Crippen molar-refractivity contribution in [1.29, 1.82) is 0 Å². The van der Waals surface area contributed by atoms with Crippen molar-refractivity contribution in [2.75, 3.05) is 5.32 Å². The maximum Gasteiger partial charge on any atom is 0.338 e. The number of sulfonamides is 1. The number of benzene rings is 2. The fourth-order valence-electron chi connectivity index (χ4n) is 2.78. The number of anilines is 1. The van der Waals surface area contributed by atoms with Crippen LogP contribution in [0, 0.1) is 0 Å². The van der Waals surface area contributed by atoms with Crippen molar-refractivity contribution < 1.29 is 27.2 Å². The molecule has 1 heterocycles. The molecular weight excluding hydrogens is 432 g/mol. The van der Waals surface area contributed by atoms with Crippen molar-refractivity contribution >= 4 is 27.6 Å². The number of hydrogen-bond acceptors (Lipinski definition) is 6. The van der Waals surface area contributed by atoms with Crippen LogP contribution in [-0.2, 0) is 32.5 Å². The van der Waals surface area contributed by atoms with E-state index in [-0.39, 0.29) is 17.0 Å². The Balaban J connectivity index is 1.56. The highest BCUT2D eigenvalue weighted by Gasteiger charge is 2.20. The molecule has 0 radical (unpaired) electrons. The third kappa shape index (κ3) is 6.05. The molecule has 0 saturated carbocycles. The molecule has 3 rings (SSSR count). The molecule has 0 spiro atoms. The standard InChI is InChI=1S/C23H24N2O6S/c1-3-17-6-10-19(11-7-17)25-22(26)16(2)31-23(27)18-8-12-21(13-9-18)32(28,29)24-15-20-5-4-14-30-20/h4-14,16,24H,3,15H2,1-2H3,(H,25,26). The molecule has 8 nitrogen and oxygen atoms in total. The van der Waals surface area contributed by atoms with Gasteiger partial charge in [-0.2, -0.15) is 0 Å². The van der Waals surface area contributed by atoms with Crippen LogP contribution in [0.4, 0.5) is 5.69 Å². The number of amides is 1. The highest BCUT2D eigenvalue weighted by Crippen LogP contribution is 2.14. The van der Waals surface area contributed by atoms with Crippen LogP contribution in [0.15, 0.2) is 76.2 Å². The van der Waals surface area contributed by atoms with Gasteiger partial charge in [0.05, 0.1) is 23.3 Å². The summed E-state index contributed by atoms with van der Waals surface area (Å²) in [6.45, 7) is 3.51. The predicted molar refractivity (Wildman–Crippen MR) is 119 cm³/mol. The van der Waals surface area contributed by atoms with Gasteiger partial charge in [-0.25, -0.2) is 17.9 Å². The molecule has 32 heavy (non-hydrogen) atoms. The van der Waals surface area contributed by atoms with Crippen molar-refractivity contribution in [3.05, 3.63) is 83.8 Å². The fraction of sp³-hybridized carbons (Fsp3) is 0.217. The zero-order valence-electron chi connectivity index (χ0n) is 17.7. The first-order valence-corrected chi connectivity index (χ1v) is 11.5. The largest absolute Gasteiger partial charge is 0.468 e. The van der Waals surface area contributed by atoms with Gasteiger partial charge in [-0.3, -0.25) is 4.79 Å². The van der Waals surface area contributed by atoms with Crippen LogP contribution < -0.4 is 10.0 Å². The molecule has 1 atom stereocenters. The van der Waals surface area contributed by atoms with Crippen molar-refractivity contribution in [1.82, 2.24) is 4.72 Å². The van der Waals surface area contributed by atoms with Gasteiger partial charge in [0.2, 0.25) is 10.0 Å². The van der Waals surface area contributed by atoms with E-state index in [0.717, 1.165) is 12.0 Å². The molecule has 168 valence electrons. The molecule has 1 aromatic heterocycles. The third-order valence-electron chi connectivity index (χ3n) is 4.70. The van der Waals surface area contributed by atoms with Crippen LogP contribution in [0.1, 0.15) is 35.5 Å². The summed E-state index contributed by atoms with van der Waals surface area (Å²) in [6, 6.07) is 15.9. The molecule has 0 fully saturated rings. The first kappa shape index (κ1) is 23.2. The van der Waals surface area contributed by atoms with Gasteiger partial charge in [-0.15, -0.1) is 0 Å². The summed E-state index contributed by atoms with van der Waals surface area (Å²) in [6.07, 6.45) is 1.31. The zero-order chi connectivity index (χ0) is 23.1. The molecule has 0 aliphatic carbocycles. The van der Waals surface area contributed by atoms with Gasteiger partial charge >= 0.3 is 5.97 Å². The maximum atomic E-state index is 12.4. The van der Waals surface area contributed by atoms with Gasteiger partial charge in [0.1, 0.15) is 5.76 Å². The molecule has 0 bridgehead atoms. The molecule has 1 amide bonds.